The van der Waals surface area contributed by atoms with Crippen LogP contribution in [0.25, 0.3) is 22.4 Å². The van der Waals surface area contributed by atoms with Gasteiger partial charge in [-0.1, -0.05) is 0 Å². The lowest BCUT2D eigenvalue weighted by molar-refractivity contribution is 0.394. The number of aromatic nitrogens is 1. The van der Waals surface area contributed by atoms with Crippen LogP contribution in [0.2, 0.25) is 0 Å². The van der Waals surface area contributed by atoms with Crippen molar-refractivity contribution in [2.45, 2.75) is 0 Å². The molecule has 0 amide bonds. The van der Waals surface area contributed by atoms with E-state index in [9.17, 15) is 0 Å². The molecule has 3 aromatic rings. The summed E-state index contributed by atoms with van der Waals surface area (Å²) in [6.07, 6.45) is 3.98. The Morgan fingerprint density at radius 1 is 0.870 bits per heavy atom. The van der Waals surface area contributed by atoms with Gasteiger partial charge in [0, 0.05) is 11.6 Å². The van der Waals surface area contributed by atoms with Crippen LogP contribution in [0.3, 0.4) is 0 Å². The van der Waals surface area contributed by atoms with Crippen LogP contribution in [0.5, 0.6) is 17.2 Å². The minimum absolute atomic E-state index is 0.767. The van der Waals surface area contributed by atoms with Gasteiger partial charge in [-0.25, -0.2) is 4.98 Å². The highest BCUT2D eigenvalue weighted by Crippen LogP contribution is 2.29. The molecule has 1 aromatic heterocycles. The number of rotatable bonds is 5. The molecule has 0 N–H and O–H groups in total. The van der Waals surface area contributed by atoms with Gasteiger partial charge in [-0.05, 0) is 42.5 Å². The van der Waals surface area contributed by atoms with Crippen molar-refractivity contribution in [3.8, 4) is 17.2 Å². The summed E-state index contributed by atoms with van der Waals surface area (Å²) in [5.41, 5.74) is 1.95. The lowest BCUT2D eigenvalue weighted by Crippen LogP contribution is -1.89. The maximum absolute atomic E-state index is 5.40. The summed E-state index contributed by atoms with van der Waals surface area (Å²) in [5.74, 6) is 2.38. The minimum atomic E-state index is 0.767. The van der Waals surface area contributed by atoms with Crippen LogP contribution in [0, 0.1) is 0 Å². The zero-order chi connectivity index (χ0) is 16.2. The van der Waals surface area contributed by atoms with E-state index in [1.807, 2.05) is 48.6 Å². The molecule has 3 rings (SSSR count). The molecule has 0 bridgehead atoms. The number of hydrogen-bond donors (Lipinski definition) is 0. The Balaban J connectivity index is 1.90. The maximum Gasteiger partial charge on any atom is 0.129 e. The quantitative estimate of drug-likeness (QED) is 0.692. The molecule has 0 saturated carbocycles. The normalized spacial score (nSPS) is 11.1. The van der Waals surface area contributed by atoms with E-state index in [0.717, 1.165) is 38.0 Å². The molecular weight excluding hydrogens is 310 g/mol. The van der Waals surface area contributed by atoms with Gasteiger partial charge in [0.25, 0.3) is 0 Å². The largest absolute Gasteiger partial charge is 0.497 e. The van der Waals surface area contributed by atoms with Crippen LogP contribution < -0.4 is 14.2 Å². The van der Waals surface area contributed by atoms with Crippen LogP contribution in [0.1, 0.15) is 10.6 Å². The van der Waals surface area contributed by atoms with Crippen LogP contribution in [0.4, 0.5) is 0 Å². The van der Waals surface area contributed by atoms with Gasteiger partial charge in [-0.3, -0.25) is 0 Å². The third kappa shape index (κ3) is 3.29. The number of methoxy groups -OCH3 is 3. The highest BCUT2D eigenvalue weighted by atomic mass is 32.1. The van der Waals surface area contributed by atoms with Gasteiger partial charge in [-0.2, -0.15) is 0 Å². The second-order valence-corrected chi connectivity index (χ2v) is 5.89. The molecule has 0 radical (unpaired) electrons. The summed E-state index contributed by atoms with van der Waals surface area (Å²) < 4.78 is 17.0. The number of fused-ring (bicyclic) bond motifs is 1. The first kappa shape index (κ1) is 15.4. The summed E-state index contributed by atoms with van der Waals surface area (Å²) in [5, 5.41) is 0.936. The highest BCUT2D eigenvalue weighted by Gasteiger charge is 2.05. The second-order valence-electron chi connectivity index (χ2n) is 4.83. The fraction of sp³-hybridized carbons (Fsp3) is 0.167. The SMILES string of the molecule is COc1ccc(/C=C/c2nc3ccc(OC)cc3s2)c(OC)c1. The van der Waals surface area contributed by atoms with Crippen LogP contribution in [-0.2, 0) is 0 Å². The van der Waals surface area contributed by atoms with Crippen molar-refractivity contribution in [2.24, 2.45) is 0 Å². The molecule has 23 heavy (non-hydrogen) atoms. The smallest absolute Gasteiger partial charge is 0.129 e. The highest BCUT2D eigenvalue weighted by molar-refractivity contribution is 7.19. The maximum atomic E-state index is 5.40. The third-order valence-electron chi connectivity index (χ3n) is 3.46. The molecule has 0 aliphatic rings. The Morgan fingerprint density at radius 2 is 1.61 bits per heavy atom. The third-order valence-corrected chi connectivity index (χ3v) is 4.44. The summed E-state index contributed by atoms with van der Waals surface area (Å²) in [6.45, 7) is 0. The number of ether oxygens (including phenoxy) is 3. The topological polar surface area (TPSA) is 40.6 Å². The van der Waals surface area contributed by atoms with Gasteiger partial charge in [0.05, 0.1) is 31.5 Å². The Hall–Kier alpha value is -2.53. The molecule has 4 nitrogen and oxygen atoms in total. The van der Waals surface area contributed by atoms with Crippen molar-refractivity contribution in [2.75, 3.05) is 21.3 Å². The zero-order valence-electron chi connectivity index (χ0n) is 13.2. The predicted octanol–water partition coefficient (Wildman–Crippen LogP) is 4.49. The van der Waals surface area contributed by atoms with E-state index in [1.165, 1.54) is 0 Å². The predicted molar refractivity (Wildman–Crippen MR) is 94.6 cm³/mol. The number of benzene rings is 2. The molecule has 118 valence electrons. The van der Waals surface area contributed by atoms with Crippen LogP contribution in [0.15, 0.2) is 36.4 Å². The lowest BCUT2D eigenvalue weighted by Gasteiger charge is -2.06. The van der Waals surface area contributed by atoms with Crippen LogP contribution in [-0.4, -0.2) is 26.3 Å². The number of thiazole rings is 1. The Kier molecular flexibility index (Phi) is 4.48. The summed E-state index contributed by atoms with van der Waals surface area (Å²) in [7, 11) is 4.95. The average Bonchev–Trinajstić information content (AvgIpc) is 3.01. The molecule has 0 atom stereocenters. The Labute approximate surface area is 139 Å². The summed E-state index contributed by atoms with van der Waals surface area (Å²) in [4.78, 5) is 4.60. The summed E-state index contributed by atoms with van der Waals surface area (Å²) in [6, 6.07) is 11.6. The van der Waals surface area contributed by atoms with Gasteiger partial charge in [0.15, 0.2) is 0 Å². The monoisotopic (exact) mass is 327 g/mol. The van der Waals surface area contributed by atoms with Crippen molar-refractivity contribution in [3.05, 3.63) is 47.0 Å². The zero-order valence-corrected chi connectivity index (χ0v) is 14.0. The Bertz CT molecular complexity index is 855. The van der Waals surface area contributed by atoms with Gasteiger partial charge >= 0.3 is 0 Å². The molecule has 0 aliphatic carbocycles. The van der Waals surface area contributed by atoms with Crippen molar-refractivity contribution >= 4 is 33.7 Å². The number of nitrogens with zero attached hydrogens (tertiary/aromatic N) is 1. The molecule has 0 aliphatic heterocycles. The molecule has 0 unspecified atom stereocenters. The number of hydrogen-bond acceptors (Lipinski definition) is 5. The van der Waals surface area contributed by atoms with Gasteiger partial charge < -0.3 is 14.2 Å². The molecular formula is C18H17NO3S. The van der Waals surface area contributed by atoms with Crippen LogP contribution >= 0.6 is 11.3 Å². The van der Waals surface area contributed by atoms with E-state index in [1.54, 1.807) is 32.7 Å². The fourth-order valence-corrected chi connectivity index (χ4v) is 3.14. The first-order valence-electron chi connectivity index (χ1n) is 7.08. The van der Waals surface area contributed by atoms with Gasteiger partial charge in [0.2, 0.25) is 0 Å². The average molecular weight is 327 g/mol. The summed E-state index contributed by atoms with van der Waals surface area (Å²) >= 11 is 1.62. The van der Waals surface area contributed by atoms with E-state index >= 15 is 0 Å². The first-order valence-corrected chi connectivity index (χ1v) is 7.90. The lowest BCUT2D eigenvalue weighted by atomic mass is 10.2. The Morgan fingerprint density at radius 3 is 2.35 bits per heavy atom. The molecule has 2 aromatic carbocycles. The van der Waals surface area contributed by atoms with Crippen molar-refractivity contribution in [1.29, 1.82) is 0 Å². The standard InChI is InChI=1S/C18H17NO3S/c1-20-13-6-4-12(16(10-13)22-3)5-9-18-19-15-8-7-14(21-2)11-17(15)23-18/h4-11H,1-3H3/b9-5+. The van der Waals surface area contributed by atoms with E-state index in [2.05, 4.69) is 4.98 Å². The molecule has 5 heteroatoms. The van der Waals surface area contributed by atoms with E-state index in [0.29, 0.717) is 0 Å². The molecule has 0 spiro atoms. The first-order chi connectivity index (χ1) is 11.2. The van der Waals surface area contributed by atoms with E-state index in [-0.39, 0.29) is 0 Å². The van der Waals surface area contributed by atoms with Crippen molar-refractivity contribution in [3.63, 3.8) is 0 Å². The minimum Gasteiger partial charge on any atom is -0.497 e. The van der Waals surface area contributed by atoms with E-state index in [4.69, 9.17) is 14.2 Å². The molecule has 1 heterocycles. The second kappa shape index (κ2) is 6.71. The van der Waals surface area contributed by atoms with Crippen molar-refractivity contribution in [1.82, 2.24) is 4.98 Å². The fourth-order valence-electron chi connectivity index (χ4n) is 2.24. The van der Waals surface area contributed by atoms with Crippen molar-refractivity contribution < 1.29 is 14.2 Å². The van der Waals surface area contributed by atoms with Gasteiger partial charge in [0.1, 0.15) is 22.3 Å². The molecule has 0 fully saturated rings. The van der Waals surface area contributed by atoms with E-state index < -0.39 is 0 Å². The molecule has 0 saturated heterocycles. The van der Waals surface area contributed by atoms with Gasteiger partial charge in [-0.15, -0.1) is 11.3 Å².